The summed E-state index contributed by atoms with van der Waals surface area (Å²) >= 11 is 1.56. The number of thioether (sulfide) groups is 1. The van der Waals surface area contributed by atoms with Crippen LogP contribution in [0.15, 0.2) is 81.4 Å². The van der Waals surface area contributed by atoms with Crippen molar-refractivity contribution in [2.24, 2.45) is 5.14 Å². The first-order valence-corrected chi connectivity index (χ1v) is 12.0. The highest BCUT2D eigenvalue weighted by Gasteiger charge is 2.15. The van der Waals surface area contributed by atoms with Crippen LogP contribution in [0.2, 0.25) is 0 Å². The Bertz CT molecular complexity index is 1160. The largest absolute Gasteiger partial charge is 0.240 e. The molecular formula is C18H18N2O4S3. The summed E-state index contributed by atoms with van der Waals surface area (Å²) in [5, 5.41) is 6.35. The molecule has 0 unspecified atom stereocenters. The zero-order valence-electron chi connectivity index (χ0n) is 14.2. The summed E-state index contributed by atoms with van der Waals surface area (Å²) in [6.07, 6.45) is 0. The molecule has 3 N–H and O–H groups in total. The van der Waals surface area contributed by atoms with E-state index in [4.69, 9.17) is 5.14 Å². The average Bonchev–Trinajstić information content (AvgIpc) is 2.64. The lowest BCUT2D eigenvalue weighted by molar-refractivity contribution is 0.584. The fraction of sp³-hybridized carbons (Fsp3) is 0.111. The van der Waals surface area contributed by atoms with Gasteiger partial charge in [0.2, 0.25) is 20.0 Å². The number of benzene rings is 3. The molecule has 3 rings (SSSR count). The standard InChI is InChI=1S/C18H18N2O4S3/c19-26(21,22)17-8-6-14-7-9-18(13-15(14)12-17)27(23,24)20-10-11-25-16-4-2-1-3-5-16/h1-9,12-13,20H,10-11H2,(H2,19,21,22). The molecule has 3 aromatic rings. The van der Waals surface area contributed by atoms with Crippen molar-refractivity contribution in [1.82, 2.24) is 4.72 Å². The molecule has 0 aliphatic rings. The van der Waals surface area contributed by atoms with Crippen LogP contribution in [0.4, 0.5) is 0 Å². The van der Waals surface area contributed by atoms with Crippen LogP contribution in [0.25, 0.3) is 10.8 Å². The van der Waals surface area contributed by atoms with Crippen LogP contribution in [-0.2, 0) is 20.0 Å². The topological polar surface area (TPSA) is 106 Å². The third kappa shape index (κ3) is 5.08. The summed E-state index contributed by atoms with van der Waals surface area (Å²) in [5.74, 6) is 0.590. The zero-order chi connectivity index (χ0) is 19.5. The number of hydrogen-bond donors (Lipinski definition) is 2. The fourth-order valence-corrected chi connectivity index (χ4v) is 5.03. The van der Waals surface area contributed by atoms with Gasteiger partial charge in [0.05, 0.1) is 9.79 Å². The second-order valence-corrected chi connectivity index (χ2v) is 10.3. The highest BCUT2D eigenvalue weighted by molar-refractivity contribution is 7.99. The van der Waals surface area contributed by atoms with Crippen LogP contribution in [0.3, 0.4) is 0 Å². The van der Waals surface area contributed by atoms with Gasteiger partial charge >= 0.3 is 0 Å². The number of sulfonamides is 2. The number of fused-ring (bicyclic) bond motifs is 1. The summed E-state index contributed by atoms with van der Waals surface area (Å²) in [6, 6.07) is 18.6. The highest BCUT2D eigenvalue weighted by atomic mass is 32.2. The zero-order valence-corrected chi connectivity index (χ0v) is 16.6. The van der Waals surface area contributed by atoms with Gasteiger partial charge in [-0.15, -0.1) is 11.8 Å². The van der Waals surface area contributed by atoms with Gasteiger partial charge in [0.15, 0.2) is 0 Å². The molecule has 0 amide bonds. The first-order chi connectivity index (χ1) is 12.8. The molecule has 0 spiro atoms. The molecule has 0 atom stereocenters. The Hall–Kier alpha value is -1.91. The number of nitrogens with one attached hydrogen (secondary N) is 1. The van der Waals surface area contributed by atoms with Crippen molar-refractivity contribution in [3.63, 3.8) is 0 Å². The highest BCUT2D eigenvalue weighted by Crippen LogP contribution is 2.22. The smallest absolute Gasteiger partial charge is 0.225 e. The molecule has 9 heteroatoms. The number of nitrogens with two attached hydrogens (primary N) is 1. The maximum Gasteiger partial charge on any atom is 0.240 e. The first kappa shape index (κ1) is 19.8. The minimum Gasteiger partial charge on any atom is -0.225 e. The second-order valence-electron chi connectivity index (χ2n) is 5.78. The molecule has 0 heterocycles. The average molecular weight is 423 g/mol. The minimum atomic E-state index is -3.85. The van der Waals surface area contributed by atoms with E-state index in [1.54, 1.807) is 23.9 Å². The van der Waals surface area contributed by atoms with Crippen LogP contribution < -0.4 is 9.86 Å². The third-order valence-corrected chi connectivity index (χ3v) is 7.21. The third-order valence-electron chi connectivity index (χ3n) is 3.83. The molecule has 0 aromatic heterocycles. The summed E-state index contributed by atoms with van der Waals surface area (Å²) in [4.78, 5) is 1.08. The summed E-state index contributed by atoms with van der Waals surface area (Å²) in [7, 11) is -7.55. The molecule has 0 fully saturated rings. The molecule has 0 aliphatic heterocycles. The minimum absolute atomic E-state index is 0.0585. The quantitative estimate of drug-likeness (QED) is 0.450. The van der Waals surface area contributed by atoms with Crippen molar-refractivity contribution in [2.45, 2.75) is 14.7 Å². The van der Waals surface area contributed by atoms with Crippen LogP contribution in [0.5, 0.6) is 0 Å². The maximum absolute atomic E-state index is 12.5. The Labute approximate surface area is 162 Å². The summed E-state index contributed by atoms with van der Waals surface area (Å²) in [6.45, 7) is 0.275. The molecule has 0 radical (unpaired) electrons. The normalized spacial score (nSPS) is 12.3. The SMILES string of the molecule is NS(=O)(=O)c1ccc2ccc(S(=O)(=O)NCCSc3ccccc3)cc2c1. The predicted octanol–water partition coefficient (Wildman–Crippen LogP) is 2.56. The van der Waals surface area contributed by atoms with Crippen molar-refractivity contribution in [2.75, 3.05) is 12.3 Å². The van der Waals surface area contributed by atoms with E-state index >= 15 is 0 Å². The van der Waals surface area contributed by atoms with Gasteiger partial charge in [-0.25, -0.2) is 26.7 Å². The second kappa shape index (κ2) is 7.99. The van der Waals surface area contributed by atoms with Gasteiger partial charge in [-0.2, -0.15) is 0 Å². The van der Waals surface area contributed by atoms with Gasteiger partial charge in [-0.1, -0.05) is 30.3 Å². The van der Waals surface area contributed by atoms with Crippen molar-refractivity contribution in [1.29, 1.82) is 0 Å². The van der Waals surface area contributed by atoms with Crippen LogP contribution in [-0.4, -0.2) is 29.1 Å². The lowest BCUT2D eigenvalue weighted by atomic mass is 10.1. The lowest BCUT2D eigenvalue weighted by Gasteiger charge is -2.08. The first-order valence-electron chi connectivity index (χ1n) is 8.00. The van der Waals surface area contributed by atoms with Crippen LogP contribution >= 0.6 is 11.8 Å². The molecule has 142 valence electrons. The molecule has 27 heavy (non-hydrogen) atoms. The van der Waals surface area contributed by atoms with Gasteiger partial charge in [0, 0.05) is 17.2 Å². The molecular weight excluding hydrogens is 404 g/mol. The Morgan fingerprint density at radius 3 is 2.11 bits per heavy atom. The molecule has 3 aromatic carbocycles. The molecule has 0 saturated heterocycles. The number of rotatable bonds is 7. The fourth-order valence-electron chi connectivity index (χ4n) is 2.49. The summed E-state index contributed by atoms with van der Waals surface area (Å²) in [5.41, 5.74) is 0. The molecule has 0 saturated carbocycles. The Kier molecular flexibility index (Phi) is 5.87. The van der Waals surface area contributed by atoms with Gasteiger partial charge < -0.3 is 0 Å². The van der Waals surface area contributed by atoms with Crippen molar-refractivity contribution in [3.8, 4) is 0 Å². The Morgan fingerprint density at radius 1 is 0.815 bits per heavy atom. The molecule has 0 aliphatic carbocycles. The monoisotopic (exact) mass is 422 g/mol. The van der Waals surface area contributed by atoms with E-state index in [9.17, 15) is 16.8 Å². The predicted molar refractivity (Wildman–Crippen MR) is 108 cm³/mol. The van der Waals surface area contributed by atoms with Crippen LogP contribution in [0, 0.1) is 0 Å². The molecule has 0 bridgehead atoms. The van der Waals surface area contributed by atoms with E-state index in [-0.39, 0.29) is 16.3 Å². The van der Waals surface area contributed by atoms with E-state index in [0.717, 1.165) is 10.3 Å². The van der Waals surface area contributed by atoms with Crippen molar-refractivity contribution >= 4 is 42.6 Å². The Morgan fingerprint density at radius 2 is 1.44 bits per heavy atom. The van der Waals surface area contributed by atoms with E-state index in [1.165, 1.54) is 24.3 Å². The Balaban J connectivity index is 1.74. The van der Waals surface area contributed by atoms with Crippen molar-refractivity contribution in [3.05, 3.63) is 66.7 Å². The van der Waals surface area contributed by atoms with E-state index in [0.29, 0.717) is 11.1 Å². The van der Waals surface area contributed by atoms with Gasteiger partial charge in [-0.05, 0) is 47.2 Å². The van der Waals surface area contributed by atoms with Crippen molar-refractivity contribution < 1.29 is 16.8 Å². The van der Waals surface area contributed by atoms with Crippen LogP contribution in [0.1, 0.15) is 0 Å². The van der Waals surface area contributed by atoms with E-state index < -0.39 is 20.0 Å². The van der Waals surface area contributed by atoms with Gasteiger partial charge in [0.1, 0.15) is 0 Å². The van der Waals surface area contributed by atoms with E-state index in [2.05, 4.69) is 4.72 Å². The van der Waals surface area contributed by atoms with Gasteiger partial charge in [0.25, 0.3) is 0 Å². The molecule has 6 nitrogen and oxygen atoms in total. The van der Waals surface area contributed by atoms with E-state index in [1.807, 2.05) is 30.3 Å². The number of hydrogen-bond acceptors (Lipinski definition) is 5. The summed E-state index contributed by atoms with van der Waals surface area (Å²) < 4.78 is 50.6. The lowest BCUT2D eigenvalue weighted by Crippen LogP contribution is -2.26. The maximum atomic E-state index is 12.5. The number of primary sulfonamides is 1. The van der Waals surface area contributed by atoms with Gasteiger partial charge in [-0.3, -0.25) is 0 Å².